The molecule has 0 aliphatic heterocycles. The highest BCUT2D eigenvalue weighted by atomic mass is 16.3. The molecule has 1 aromatic carbocycles. The fourth-order valence-electron chi connectivity index (χ4n) is 3.31. The summed E-state index contributed by atoms with van der Waals surface area (Å²) >= 11 is 0. The maximum Gasteiger partial charge on any atom is 0.115 e. The Hall–Kier alpha value is -1.02. The number of aryl methyl sites for hydroxylation is 1. The van der Waals surface area contributed by atoms with Gasteiger partial charge < -0.3 is 10.4 Å². The Labute approximate surface area is 123 Å². The molecule has 0 radical (unpaired) electrons. The van der Waals surface area contributed by atoms with Gasteiger partial charge in [-0.15, -0.1) is 0 Å². The number of nitrogens with one attached hydrogen (secondary N) is 1. The number of rotatable bonds is 5. The molecule has 0 unspecified atom stereocenters. The van der Waals surface area contributed by atoms with E-state index in [2.05, 4.69) is 26.1 Å². The van der Waals surface area contributed by atoms with Crippen molar-refractivity contribution in [2.24, 2.45) is 11.8 Å². The van der Waals surface area contributed by atoms with E-state index in [1.807, 2.05) is 12.1 Å². The molecule has 4 atom stereocenters. The van der Waals surface area contributed by atoms with Crippen molar-refractivity contribution in [2.75, 3.05) is 0 Å². The maximum absolute atomic E-state index is 9.29. The summed E-state index contributed by atoms with van der Waals surface area (Å²) in [5.41, 5.74) is 1.31. The summed E-state index contributed by atoms with van der Waals surface area (Å²) < 4.78 is 0. The standard InChI is InChI=1S/C18H29NO/c1-13-5-4-6-18(15(13)3)19-14(2)7-8-16-9-11-17(20)12-10-16/h9-15,18-20H,4-8H2,1-3H3/t13-,14+,15-,18+/m1/s1. The predicted molar refractivity (Wildman–Crippen MR) is 85.0 cm³/mol. The molecule has 1 aliphatic carbocycles. The van der Waals surface area contributed by atoms with Crippen molar-refractivity contribution < 1.29 is 5.11 Å². The Kier molecular flexibility index (Phi) is 5.47. The van der Waals surface area contributed by atoms with Gasteiger partial charge in [0.15, 0.2) is 0 Å². The molecule has 1 aromatic rings. The Morgan fingerprint density at radius 2 is 1.90 bits per heavy atom. The molecule has 1 saturated carbocycles. The summed E-state index contributed by atoms with van der Waals surface area (Å²) in [7, 11) is 0. The molecular weight excluding hydrogens is 246 g/mol. The van der Waals surface area contributed by atoms with Gasteiger partial charge in [-0.05, 0) is 55.7 Å². The summed E-state index contributed by atoms with van der Waals surface area (Å²) in [6.45, 7) is 7.08. The van der Waals surface area contributed by atoms with Crippen molar-refractivity contribution in [1.82, 2.24) is 5.32 Å². The summed E-state index contributed by atoms with van der Waals surface area (Å²) in [5, 5.41) is 13.1. The van der Waals surface area contributed by atoms with Gasteiger partial charge >= 0.3 is 0 Å². The quantitative estimate of drug-likeness (QED) is 0.847. The first-order valence-corrected chi connectivity index (χ1v) is 8.10. The van der Waals surface area contributed by atoms with Gasteiger partial charge in [0.05, 0.1) is 0 Å². The van der Waals surface area contributed by atoms with E-state index in [1.54, 1.807) is 12.1 Å². The lowest BCUT2D eigenvalue weighted by atomic mass is 9.78. The molecule has 0 amide bonds. The average Bonchev–Trinajstić information content (AvgIpc) is 2.43. The van der Waals surface area contributed by atoms with E-state index < -0.39 is 0 Å². The minimum atomic E-state index is 0.352. The highest BCUT2D eigenvalue weighted by Gasteiger charge is 2.27. The molecule has 2 heteroatoms. The van der Waals surface area contributed by atoms with Crippen LogP contribution in [0.15, 0.2) is 24.3 Å². The van der Waals surface area contributed by atoms with Crippen LogP contribution >= 0.6 is 0 Å². The number of phenols is 1. The highest BCUT2D eigenvalue weighted by Crippen LogP contribution is 2.29. The predicted octanol–water partition coefficient (Wildman–Crippen LogP) is 4.13. The van der Waals surface area contributed by atoms with Crippen LogP contribution in [-0.4, -0.2) is 17.2 Å². The van der Waals surface area contributed by atoms with E-state index in [4.69, 9.17) is 0 Å². The van der Waals surface area contributed by atoms with Crippen LogP contribution in [0, 0.1) is 11.8 Å². The Balaban J connectivity index is 1.77. The van der Waals surface area contributed by atoms with Gasteiger partial charge in [-0.3, -0.25) is 0 Å². The maximum atomic E-state index is 9.29. The SMILES string of the molecule is C[C@@H]1[C@H](C)CCC[C@@H]1N[C@@H](C)CCc1ccc(O)cc1. The molecule has 0 spiro atoms. The fourth-order valence-corrected chi connectivity index (χ4v) is 3.31. The largest absolute Gasteiger partial charge is 0.508 e. The number of benzene rings is 1. The van der Waals surface area contributed by atoms with Crippen molar-refractivity contribution in [1.29, 1.82) is 0 Å². The van der Waals surface area contributed by atoms with Crippen LogP contribution in [0.5, 0.6) is 5.75 Å². The third-order valence-corrected chi connectivity index (χ3v) is 5.01. The molecule has 0 heterocycles. The van der Waals surface area contributed by atoms with E-state index in [0.717, 1.165) is 24.7 Å². The van der Waals surface area contributed by atoms with E-state index in [1.165, 1.54) is 24.8 Å². The zero-order valence-corrected chi connectivity index (χ0v) is 13.1. The van der Waals surface area contributed by atoms with E-state index in [9.17, 15) is 5.11 Å². The molecule has 0 saturated heterocycles. The Morgan fingerprint density at radius 1 is 1.20 bits per heavy atom. The second-order valence-corrected chi connectivity index (χ2v) is 6.65. The lowest BCUT2D eigenvalue weighted by Crippen LogP contribution is -2.44. The smallest absolute Gasteiger partial charge is 0.115 e. The first-order valence-electron chi connectivity index (χ1n) is 8.10. The fraction of sp³-hybridized carbons (Fsp3) is 0.667. The van der Waals surface area contributed by atoms with Gasteiger partial charge in [-0.25, -0.2) is 0 Å². The first kappa shape index (κ1) is 15.4. The van der Waals surface area contributed by atoms with E-state index in [-0.39, 0.29) is 0 Å². The van der Waals surface area contributed by atoms with Crippen molar-refractivity contribution in [3.8, 4) is 5.75 Å². The van der Waals surface area contributed by atoms with Crippen molar-refractivity contribution in [2.45, 2.75) is 65.0 Å². The molecule has 2 nitrogen and oxygen atoms in total. The Morgan fingerprint density at radius 3 is 2.60 bits per heavy atom. The lowest BCUT2D eigenvalue weighted by Gasteiger charge is -2.36. The number of aromatic hydroxyl groups is 1. The first-order chi connectivity index (χ1) is 9.56. The van der Waals surface area contributed by atoms with E-state index >= 15 is 0 Å². The van der Waals surface area contributed by atoms with Gasteiger partial charge in [-0.2, -0.15) is 0 Å². The van der Waals surface area contributed by atoms with Crippen LogP contribution in [0.25, 0.3) is 0 Å². The molecule has 1 aliphatic rings. The second-order valence-electron chi connectivity index (χ2n) is 6.65. The average molecular weight is 275 g/mol. The van der Waals surface area contributed by atoms with Gasteiger partial charge in [0, 0.05) is 12.1 Å². The summed E-state index contributed by atoms with van der Waals surface area (Å²) in [6.07, 6.45) is 6.32. The zero-order valence-electron chi connectivity index (χ0n) is 13.1. The van der Waals surface area contributed by atoms with Crippen molar-refractivity contribution in [3.05, 3.63) is 29.8 Å². The van der Waals surface area contributed by atoms with E-state index in [0.29, 0.717) is 17.8 Å². The van der Waals surface area contributed by atoms with Crippen LogP contribution in [0.1, 0.15) is 52.0 Å². The molecule has 2 N–H and O–H groups in total. The summed E-state index contributed by atoms with van der Waals surface area (Å²) in [5.74, 6) is 2.00. The minimum absolute atomic E-state index is 0.352. The van der Waals surface area contributed by atoms with Gasteiger partial charge in [0.25, 0.3) is 0 Å². The second kappa shape index (κ2) is 7.12. The molecular formula is C18H29NO. The van der Waals surface area contributed by atoms with Gasteiger partial charge in [0.2, 0.25) is 0 Å². The molecule has 0 aromatic heterocycles. The monoisotopic (exact) mass is 275 g/mol. The topological polar surface area (TPSA) is 32.3 Å². The number of hydrogen-bond donors (Lipinski definition) is 2. The zero-order chi connectivity index (χ0) is 14.5. The molecule has 1 fully saturated rings. The van der Waals surface area contributed by atoms with Crippen LogP contribution in [-0.2, 0) is 6.42 Å². The van der Waals surface area contributed by atoms with Crippen molar-refractivity contribution >= 4 is 0 Å². The molecule has 20 heavy (non-hydrogen) atoms. The van der Waals surface area contributed by atoms with Crippen LogP contribution in [0.2, 0.25) is 0 Å². The number of phenolic OH excluding ortho intramolecular Hbond substituents is 1. The highest BCUT2D eigenvalue weighted by molar-refractivity contribution is 5.25. The normalized spacial score (nSPS) is 28.2. The van der Waals surface area contributed by atoms with Crippen molar-refractivity contribution in [3.63, 3.8) is 0 Å². The third kappa shape index (κ3) is 4.24. The van der Waals surface area contributed by atoms with Gasteiger partial charge in [0.1, 0.15) is 5.75 Å². The molecule has 0 bridgehead atoms. The van der Waals surface area contributed by atoms with Gasteiger partial charge in [-0.1, -0.05) is 38.8 Å². The summed E-state index contributed by atoms with van der Waals surface area (Å²) in [4.78, 5) is 0. The molecule has 2 rings (SSSR count). The lowest BCUT2D eigenvalue weighted by molar-refractivity contribution is 0.194. The minimum Gasteiger partial charge on any atom is -0.508 e. The third-order valence-electron chi connectivity index (χ3n) is 5.01. The number of hydrogen-bond acceptors (Lipinski definition) is 2. The van der Waals surface area contributed by atoms with Crippen LogP contribution in [0.3, 0.4) is 0 Å². The summed E-state index contributed by atoms with van der Waals surface area (Å²) in [6, 6.07) is 8.84. The van der Waals surface area contributed by atoms with Crippen LogP contribution in [0.4, 0.5) is 0 Å². The van der Waals surface area contributed by atoms with Crippen LogP contribution < -0.4 is 5.32 Å². The molecule has 112 valence electrons. The Bertz CT molecular complexity index is 400.